The fraction of sp³-hybridized carbons (Fsp3) is 0.636. The summed E-state index contributed by atoms with van der Waals surface area (Å²) < 4.78 is 0. The summed E-state index contributed by atoms with van der Waals surface area (Å²) in [6.07, 6.45) is 2.13. The maximum absolute atomic E-state index is 5.91. The van der Waals surface area contributed by atoms with Crippen LogP contribution in [0.3, 0.4) is 0 Å². The van der Waals surface area contributed by atoms with Gasteiger partial charge in [-0.25, -0.2) is 4.98 Å². The van der Waals surface area contributed by atoms with E-state index in [0.717, 1.165) is 12.8 Å². The van der Waals surface area contributed by atoms with Crippen LogP contribution in [-0.4, -0.2) is 15.5 Å². The summed E-state index contributed by atoms with van der Waals surface area (Å²) in [5, 5.41) is 3.53. The van der Waals surface area contributed by atoms with Crippen molar-refractivity contribution >= 4 is 23.1 Å². The lowest BCUT2D eigenvalue weighted by Gasteiger charge is -2.27. The van der Waals surface area contributed by atoms with Crippen LogP contribution in [-0.2, 0) is 0 Å². The van der Waals surface area contributed by atoms with E-state index in [-0.39, 0.29) is 10.8 Å². The Kier molecular flexibility index (Phi) is 3.97. The number of nitrogen functional groups attached to an aromatic ring is 1. The highest BCUT2D eigenvalue weighted by molar-refractivity contribution is 6.28. The lowest BCUT2D eigenvalue weighted by molar-refractivity contribution is 0.509. The summed E-state index contributed by atoms with van der Waals surface area (Å²) in [5.41, 5.74) is 7.13. The highest BCUT2D eigenvalue weighted by atomic mass is 35.5. The first kappa shape index (κ1) is 13.0. The average molecular weight is 243 g/mol. The predicted octanol–water partition coefficient (Wildman–Crippen LogP) is 3.01. The Hall–Kier alpha value is -1.03. The molecule has 0 amide bonds. The second-order valence-electron chi connectivity index (χ2n) is 4.60. The number of rotatable bonds is 4. The number of hydrogen-bond acceptors (Lipinski definition) is 4. The Morgan fingerprint density at radius 2 is 2.00 bits per heavy atom. The lowest BCUT2D eigenvalue weighted by Crippen LogP contribution is -2.31. The van der Waals surface area contributed by atoms with Gasteiger partial charge in [0.05, 0.1) is 11.4 Å². The van der Waals surface area contributed by atoms with Gasteiger partial charge < -0.3 is 11.1 Å². The topological polar surface area (TPSA) is 63.8 Å². The van der Waals surface area contributed by atoms with Crippen molar-refractivity contribution in [3.63, 3.8) is 0 Å². The van der Waals surface area contributed by atoms with Crippen molar-refractivity contribution < 1.29 is 0 Å². The van der Waals surface area contributed by atoms with Crippen molar-refractivity contribution in [1.29, 1.82) is 0 Å². The summed E-state index contributed by atoms with van der Waals surface area (Å²) in [7, 11) is 0. The lowest BCUT2D eigenvalue weighted by atomic mass is 9.99. The zero-order valence-electron chi connectivity index (χ0n) is 10.3. The van der Waals surface area contributed by atoms with E-state index in [1.165, 1.54) is 0 Å². The molecular formula is C11H19ClN4. The van der Waals surface area contributed by atoms with Gasteiger partial charge in [0, 0.05) is 5.54 Å². The highest BCUT2D eigenvalue weighted by Gasteiger charge is 2.19. The van der Waals surface area contributed by atoms with Gasteiger partial charge in [-0.1, -0.05) is 13.3 Å². The fourth-order valence-electron chi connectivity index (χ4n) is 1.65. The largest absolute Gasteiger partial charge is 0.394 e. The van der Waals surface area contributed by atoms with Crippen molar-refractivity contribution in [1.82, 2.24) is 9.97 Å². The van der Waals surface area contributed by atoms with E-state index in [1.54, 1.807) is 0 Å². The maximum Gasteiger partial charge on any atom is 0.224 e. The van der Waals surface area contributed by atoms with Gasteiger partial charge in [0.1, 0.15) is 0 Å². The van der Waals surface area contributed by atoms with Gasteiger partial charge in [-0.15, -0.1) is 0 Å². The van der Waals surface area contributed by atoms with E-state index in [1.807, 2.05) is 6.92 Å². The smallest absolute Gasteiger partial charge is 0.224 e. The van der Waals surface area contributed by atoms with Crippen LogP contribution in [0.5, 0.6) is 0 Å². The molecule has 4 nitrogen and oxygen atoms in total. The van der Waals surface area contributed by atoms with Crippen molar-refractivity contribution in [3.05, 3.63) is 11.0 Å². The van der Waals surface area contributed by atoms with Crippen LogP contribution in [0, 0.1) is 6.92 Å². The zero-order valence-corrected chi connectivity index (χ0v) is 11.0. The second kappa shape index (κ2) is 4.87. The van der Waals surface area contributed by atoms with E-state index in [4.69, 9.17) is 17.3 Å². The van der Waals surface area contributed by atoms with Gasteiger partial charge in [0.15, 0.2) is 5.82 Å². The molecule has 0 saturated carbocycles. The first-order valence-electron chi connectivity index (χ1n) is 5.43. The average Bonchev–Trinajstić information content (AvgIpc) is 2.12. The Bertz CT molecular complexity index is 376. The first-order valence-corrected chi connectivity index (χ1v) is 5.81. The monoisotopic (exact) mass is 242 g/mol. The molecule has 5 heteroatoms. The van der Waals surface area contributed by atoms with Crippen LogP contribution in [0.25, 0.3) is 0 Å². The molecule has 1 aromatic rings. The third-order valence-electron chi connectivity index (χ3n) is 2.44. The number of aryl methyl sites for hydroxylation is 1. The minimum atomic E-state index is -0.0486. The van der Waals surface area contributed by atoms with Crippen LogP contribution >= 0.6 is 11.6 Å². The summed E-state index contributed by atoms with van der Waals surface area (Å²) in [6.45, 7) is 8.19. The van der Waals surface area contributed by atoms with Gasteiger partial charge in [-0.3, -0.25) is 0 Å². The first-order chi connectivity index (χ1) is 7.35. The summed E-state index contributed by atoms with van der Waals surface area (Å²) in [4.78, 5) is 8.12. The van der Waals surface area contributed by atoms with Crippen molar-refractivity contribution in [2.45, 2.75) is 46.1 Å². The van der Waals surface area contributed by atoms with Crippen LogP contribution in [0.15, 0.2) is 0 Å². The predicted molar refractivity (Wildman–Crippen MR) is 68.8 cm³/mol. The van der Waals surface area contributed by atoms with E-state index in [0.29, 0.717) is 17.2 Å². The SMILES string of the molecule is CCCC(C)(C)Nc1nc(Cl)nc(C)c1N. The highest BCUT2D eigenvalue weighted by Crippen LogP contribution is 2.25. The van der Waals surface area contributed by atoms with Gasteiger partial charge in [-0.05, 0) is 38.8 Å². The third-order valence-corrected chi connectivity index (χ3v) is 2.61. The quantitative estimate of drug-likeness (QED) is 0.797. The zero-order chi connectivity index (χ0) is 12.3. The molecule has 0 aliphatic carbocycles. The van der Waals surface area contributed by atoms with Gasteiger partial charge >= 0.3 is 0 Å². The van der Waals surface area contributed by atoms with Crippen LogP contribution < -0.4 is 11.1 Å². The maximum atomic E-state index is 5.91. The third kappa shape index (κ3) is 3.23. The Labute approximate surface area is 102 Å². The second-order valence-corrected chi connectivity index (χ2v) is 4.94. The van der Waals surface area contributed by atoms with E-state index in [2.05, 4.69) is 36.1 Å². The van der Waals surface area contributed by atoms with Crippen LogP contribution in [0.4, 0.5) is 11.5 Å². The minimum Gasteiger partial charge on any atom is -0.394 e. The molecule has 0 aliphatic rings. The fourth-order valence-corrected chi connectivity index (χ4v) is 1.86. The molecule has 0 spiro atoms. The van der Waals surface area contributed by atoms with Crippen molar-refractivity contribution in [3.8, 4) is 0 Å². The van der Waals surface area contributed by atoms with E-state index < -0.39 is 0 Å². The molecule has 0 atom stereocenters. The summed E-state index contributed by atoms with van der Waals surface area (Å²) >= 11 is 5.81. The number of halogens is 1. The molecule has 1 heterocycles. The number of nitrogens with zero attached hydrogens (tertiary/aromatic N) is 2. The molecule has 0 saturated heterocycles. The molecule has 1 aromatic heterocycles. The number of nitrogens with one attached hydrogen (secondary N) is 1. The molecule has 90 valence electrons. The summed E-state index contributed by atoms with van der Waals surface area (Å²) in [5.74, 6) is 0.621. The van der Waals surface area contributed by atoms with Gasteiger partial charge in [0.2, 0.25) is 5.28 Å². The summed E-state index contributed by atoms with van der Waals surface area (Å²) in [6, 6.07) is 0. The molecule has 0 bridgehead atoms. The van der Waals surface area contributed by atoms with Crippen LogP contribution in [0.2, 0.25) is 5.28 Å². The molecule has 0 aliphatic heterocycles. The van der Waals surface area contributed by atoms with E-state index >= 15 is 0 Å². The molecule has 16 heavy (non-hydrogen) atoms. The number of anilines is 2. The van der Waals surface area contributed by atoms with Gasteiger partial charge in [-0.2, -0.15) is 4.98 Å². The number of hydrogen-bond donors (Lipinski definition) is 2. The number of nitrogens with two attached hydrogens (primary N) is 1. The van der Waals surface area contributed by atoms with E-state index in [9.17, 15) is 0 Å². The Morgan fingerprint density at radius 3 is 2.56 bits per heavy atom. The van der Waals surface area contributed by atoms with Crippen molar-refractivity contribution in [2.24, 2.45) is 0 Å². The minimum absolute atomic E-state index is 0.0486. The molecule has 0 radical (unpaired) electrons. The normalized spacial score (nSPS) is 11.6. The molecular weight excluding hydrogens is 224 g/mol. The molecule has 1 rings (SSSR count). The Morgan fingerprint density at radius 1 is 1.38 bits per heavy atom. The standard InChI is InChI=1S/C11H19ClN4/c1-5-6-11(3,4)16-9-8(13)7(2)14-10(12)15-9/h5-6,13H2,1-4H3,(H,14,15,16). The van der Waals surface area contributed by atoms with Crippen LogP contribution in [0.1, 0.15) is 39.3 Å². The number of aromatic nitrogens is 2. The molecule has 0 aromatic carbocycles. The molecule has 0 fully saturated rings. The van der Waals surface area contributed by atoms with Crippen molar-refractivity contribution in [2.75, 3.05) is 11.1 Å². The van der Waals surface area contributed by atoms with Gasteiger partial charge in [0.25, 0.3) is 0 Å². The molecule has 3 N–H and O–H groups in total. The molecule has 0 unspecified atom stereocenters. The Balaban J connectivity index is 2.97.